The van der Waals surface area contributed by atoms with Crippen LogP contribution in [0, 0.1) is 0 Å². The molecule has 57 heavy (non-hydrogen) atoms. The number of unbranched alkanes of at least 4 members (excludes halogenated alkanes) is 20. The molecule has 3 rings (SSSR count). The summed E-state index contributed by atoms with van der Waals surface area (Å²) in [5, 5.41) is 3.37. The maximum absolute atomic E-state index is 13.6. The van der Waals surface area contributed by atoms with Gasteiger partial charge in [0.1, 0.15) is 6.10 Å². The van der Waals surface area contributed by atoms with Crippen LogP contribution < -0.4 is 5.32 Å². The van der Waals surface area contributed by atoms with Crippen LogP contribution in [0.1, 0.15) is 185 Å². The highest BCUT2D eigenvalue weighted by Crippen LogP contribution is 2.21. The summed E-state index contributed by atoms with van der Waals surface area (Å²) < 4.78 is 19.7. The maximum Gasteiger partial charge on any atom is 0.220 e. The molecule has 0 unspecified atom stereocenters. The first-order valence-corrected chi connectivity index (χ1v) is 23.4. The quantitative estimate of drug-likeness (QED) is 0.0592. The highest BCUT2D eigenvalue weighted by Gasteiger charge is 2.32. The van der Waals surface area contributed by atoms with Gasteiger partial charge in [-0.25, -0.2) is 0 Å². The molecular weight excluding hydrogens is 703 g/mol. The molecule has 0 saturated heterocycles. The fourth-order valence-electron chi connectivity index (χ4n) is 7.75. The Bertz CT molecular complexity index is 1320. The van der Waals surface area contributed by atoms with Gasteiger partial charge in [0.05, 0.1) is 38.6 Å². The molecule has 5 nitrogen and oxygen atoms in total. The van der Waals surface area contributed by atoms with E-state index in [4.69, 9.17) is 14.2 Å². The molecule has 1 amide bonds. The molecule has 0 saturated carbocycles. The van der Waals surface area contributed by atoms with Gasteiger partial charge >= 0.3 is 0 Å². The van der Waals surface area contributed by atoms with E-state index in [2.05, 4.69) is 55.6 Å². The van der Waals surface area contributed by atoms with Crippen molar-refractivity contribution in [2.75, 3.05) is 6.61 Å². The van der Waals surface area contributed by atoms with Crippen LogP contribution in [0.5, 0.6) is 0 Å². The Morgan fingerprint density at radius 3 is 1.28 bits per heavy atom. The van der Waals surface area contributed by atoms with Crippen LogP contribution in [-0.2, 0) is 38.8 Å². The van der Waals surface area contributed by atoms with E-state index in [0.717, 1.165) is 42.4 Å². The third-order valence-electron chi connectivity index (χ3n) is 11.2. The van der Waals surface area contributed by atoms with E-state index < -0.39 is 0 Å². The molecule has 0 heterocycles. The molecule has 1 N–H and O–H groups in total. The number of amides is 1. The van der Waals surface area contributed by atoms with E-state index in [0.29, 0.717) is 32.8 Å². The van der Waals surface area contributed by atoms with E-state index in [1.54, 1.807) is 0 Å². The Morgan fingerprint density at radius 2 is 0.860 bits per heavy atom. The second-order valence-corrected chi connectivity index (χ2v) is 16.4. The van der Waals surface area contributed by atoms with Gasteiger partial charge in [-0.3, -0.25) is 4.79 Å². The lowest BCUT2D eigenvalue weighted by Crippen LogP contribution is -2.53. The SMILES string of the molecule is CCCCCCCCCCCCCCCCCCCCCCCC(=O)N[C@@H](COCc1ccccc1)[C@H](OCc1ccccc1)[C@@H](CCC)OCc1ccccc1. The van der Waals surface area contributed by atoms with Gasteiger partial charge in [0.15, 0.2) is 0 Å². The van der Waals surface area contributed by atoms with E-state index in [-0.39, 0.29) is 24.2 Å². The number of carbonyl (C=O) groups excluding carboxylic acids is 1. The van der Waals surface area contributed by atoms with Crippen molar-refractivity contribution >= 4 is 5.91 Å². The summed E-state index contributed by atoms with van der Waals surface area (Å²) in [6.07, 6.45) is 30.1. The molecular formula is C52H81NO4. The normalized spacial score (nSPS) is 13.0. The van der Waals surface area contributed by atoms with Crippen molar-refractivity contribution in [1.82, 2.24) is 5.32 Å². The maximum atomic E-state index is 13.6. The molecule has 0 fully saturated rings. The zero-order valence-electron chi connectivity index (χ0n) is 36.3. The third kappa shape index (κ3) is 24.5. The largest absolute Gasteiger partial charge is 0.375 e. The summed E-state index contributed by atoms with van der Waals surface area (Å²) in [4.78, 5) is 13.6. The van der Waals surface area contributed by atoms with Crippen molar-refractivity contribution in [3.8, 4) is 0 Å². The van der Waals surface area contributed by atoms with Crippen LogP contribution in [0.4, 0.5) is 0 Å². The van der Waals surface area contributed by atoms with Gasteiger partial charge < -0.3 is 19.5 Å². The van der Waals surface area contributed by atoms with E-state index >= 15 is 0 Å². The average molecular weight is 784 g/mol. The highest BCUT2D eigenvalue weighted by atomic mass is 16.5. The molecule has 0 aliphatic rings. The standard InChI is InChI=1S/C52H81NO4/c1-3-5-6-7-8-9-10-11-12-13-14-15-16-17-18-19-20-21-22-23-33-41-51(54)53-49(45-55-42-46-35-27-24-28-36-46)52(57-44-48-39-31-26-32-40-48)50(34-4-2)56-43-47-37-29-25-30-38-47/h24-32,35-40,49-50,52H,3-23,33-34,41-45H2,1-2H3,(H,53,54)/t49-,50+,52-/m0/s1. The van der Waals surface area contributed by atoms with Gasteiger partial charge in [-0.1, -0.05) is 240 Å². The lowest BCUT2D eigenvalue weighted by molar-refractivity contribution is -0.132. The fourth-order valence-corrected chi connectivity index (χ4v) is 7.75. The van der Waals surface area contributed by atoms with E-state index in [1.165, 1.54) is 122 Å². The molecule has 5 heteroatoms. The summed E-state index contributed by atoms with van der Waals surface area (Å²) in [6.45, 7) is 6.21. The Balaban J connectivity index is 1.39. The van der Waals surface area contributed by atoms with Gasteiger partial charge in [0, 0.05) is 6.42 Å². The average Bonchev–Trinajstić information content (AvgIpc) is 3.24. The van der Waals surface area contributed by atoms with Crippen molar-refractivity contribution in [2.45, 2.75) is 206 Å². The number of benzene rings is 3. The second-order valence-electron chi connectivity index (χ2n) is 16.4. The Hall–Kier alpha value is -2.99. The van der Waals surface area contributed by atoms with Gasteiger partial charge in [-0.2, -0.15) is 0 Å². The molecule has 3 atom stereocenters. The Kier molecular flexibility index (Phi) is 28.8. The minimum absolute atomic E-state index is 0.0627. The lowest BCUT2D eigenvalue weighted by Gasteiger charge is -2.34. The molecule has 0 aromatic heterocycles. The summed E-state index contributed by atoms with van der Waals surface area (Å²) in [7, 11) is 0. The Labute approximate surface area is 349 Å². The minimum atomic E-state index is -0.381. The van der Waals surface area contributed by atoms with E-state index in [9.17, 15) is 4.79 Å². The second kappa shape index (κ2) is 33.9. The van der Waals surface area contributed by atoms with Crippen molar-refractivity contribution in [2.24, 2.45) is 0 Å². The summed E-state index contributed by atoms with van der Waals surface area (Å²) >= 11 is 0. The number of hydrogen-bond donors (Lipinski definition) is 1. The third-order valence-corrected chi connectivity index (χ3v) is 11.2. The molecule has 0 aliphatic carbocycles. The monoisotopic (exact) mass is 784 g/mol. The predicted octanol–water partition coefficient (Wildman–Crippen LogP) is 14.3. The number of nitrogens with one attached hydrogen (secondary N) is 1. The minimum Gasteiger partial charge on any atom is -0.375 e. The molecule has 0 radical (unpaired) electrons. The van der Waals surface area contributed by atoms with Crippen LogP contribution in [0.3, 0.4) is 0 Å². The number of hydrogen-bond acceptors (Lipinski definition) is 4. The fraction of sp³-hybridized carbons (Fsp3) is 0.635. The Morgan fingerprint density at radius 1 is 0.474 bits per heavy atom. The van der Waals surface area contributed by atoms with Gasteiger partial charge in [-0.15, -0.1) is 0 Å². The summed E-state index contributed by atoms with van der Waals surface area (Å²) in [6, 6.07) is 30.4. The predicted molar refractivity (Wildman–Crippen MR) is 240 cm³/mol. The van der Waals surface area contributed by atoms with Crippen LogP contribution in [0.15, 0.2) is 91.0 Å². The topological polar surface area (TPSA) is 56.8 Å². The number of carbonyl (C=O) groups is 1. The molecule has 318 valence electrons. The summed E-state index contributed by atoms with van der Waals surface area (Å²) in [5.41, 5.74) is 3.32. The molecule has 3 aromatic carbocycles. The lowest BCUT2D eigenvalue weighted by atomic mass is 10.0. The molecule has 3 aromatic rings. The van der Waals surface area contributed by atoms with Gasteiger partial charge in [-0.05, 0) is 29.5 Å². The van der Waals surface area contributed by atoms with Crippen molar-refractivity contribution in [3.05, 3.63) is 108 Å². The van der Waals surface area contributed by atoms with Crippen molar-refractivity contribution < 1.29 is 19.0 Å². The van der Waals surface area contributed by atoms with Crippen LogP contribution >= 0.6 is 0 Å². The van der Waals surface area contributed by atoms with Crippen molar-refractivity contribution in [3.63, 3.8) is 0 Å². The first-order chi connectivity index (χ1) is 28.2. The molecule has 0 bridgehead atoms. The first-order valence-electron chi connectivity index (χ1n) is 23.4. The van der Waals surface area contributed by atoms with Crippen LogP contribution in [-0.4, -0.2) is 30.8 Å². The number of rotatable bonds is 37. The summed E-state index contributed by atoms with van der Waals surface area (Å²) in [5.74, 6) is 0.0627. The zero-order valence-corrected chi connectivity index (χ0v) is 36.3. The van der Waals surface area contributed by atoms with Gasteiger partial charge in [0.2, 0.25) is 5.91 Å². The van der Waals surface area contributed by atoms with E-state index in [1.807, 2.05) is 54.6 Å². The molecule has 0 spiro atoms. The highest BCUT2D eigenvalue weighted by molar-refractivity contribution is 5.76. The van der Waals surface area contributed by atoms with Crippen LogP contribution in [0.2, 0.25) is 0 Å². The van der Waals surface area contributed by atoms with Crippen LogP contribution in [0.25, 0.3) is 0 Å². The van der Waals surface area contributed by atoms with Gasteiger partial charge in [0.25, 0.3) is 0 Å². The molecule has 0 aliphatic heterocycles. The smallest absolute Gasteiger partial charge is 0.220 e. The first kappa shape index (κ1) is 48.4. The van der Waals surface area contributed by atoms with Crippen molar-refractivity contribution in [1.29, 1.82) is 0 Å². The zero-order chi connectivity index (χ0) is 40.3. The number of ether oxygens (including phenoxy) is 3.